The van der Waals surface area contributed by atoms with E-state index in [2.05, 4.69) is 20.2 Å². The maximum atomic E-state index is 13.8. The first-order chi connectivity index (χ1) is 13.1. The molecule has 1 aromatic heterocycles. The van der Waals surface area contributed by atoms with Crippen LogP contribution in [0.1, 0.15) is 16.8 Å². The molecule has 0 radical (unpaired) electrons. The summed E-state index contributed by atoms with van der Waals surface area (Å²) >= 11 is 0. The molecule has 0 bridgehead atoms. The molecule has 3 aromatic rings. The monoisotopic (exact) mass is 370 g/mol. The summed E-state index contributed by atoms with van der Waals surface area (Å²) in [5, 5.41) is 2.78. The van der Waals surface area contributed by atoms with E-state index in [1.807, 2.05) is 6.07 Å². The second-order valence-corrected chi connectivity index (χ2v) is 6.47. The van der Waals surface area contributed by atoms with Crippen LogP contribution < -0.4 is 5.32 Å². The predicted octanol–water partition coefficient (Wildman–Crippen LogP) is 4.20. The van der Waals surface area contributed by atoms with Gasteiger partial charge in [-0.1, -0.05) is 18.2 Å². The molecular weight excluding hydrogens is 353 g/mol. The summed E-state index contributed by atoms with van der Waals surface area (Å²) < 4.78 is 40.6. The molecule has 0 saturated carbocycles. The molecule has 4 nitrogen and oxygen atoms in total. The van der Waals surface area contributed by atoms with Gasteiger partial charge in [-0.15, -0.1) is 0 Å². The SMILES string of the molecule is Fc1ccc(Nc2ncc3c(n2)CCN(Cc2ccccc2F)C3)c(F)c1. The molecular formula is C20H17F3N4. The van der Waals surface area contributed by atoms with Crippen molar-refractivity contribution in [3.8, 4) is 0 Å². The number of fused-ring (bicyclic) bond motifs is 1. The minimum Gasteiger partial charge on any atom is -0.322 e. The van der Waals surface area contributed by atoms with Gasteiger partial charge in [0.15, 0.2) is 0 Å². The van der Waals surface area contributed by atoms with Crippen molar-refractivity contribution in [1.82, 2.24) is 14.9 Å². The number of hydrogen-bond acceptors (Lipinski definition) is 4. The van der Waals surface area contributed by atoms with Gasteiger partial charge in [0.25, 0.3) is 0 Å². The van der Waals surface area contributed by atoms with E-state index in [9.17, 15) is 13.2 Å². The number of hydrogen-bond donors (Lipinski definition) is 1. The van der Waals surface area contributed by atoms with Crippen molar-refractivity contribution in [3.05, 3.63) is 82.9 Å². The summed E-state index contributed by atoms with van der Waals surface area (Å²) in [4.78, 5) is 10.8. The Morgan fingerprint density at radius 2 is 1.89 bits per heavy atom. The van der Waals surface area contributed by atoms with Crippen molar-refractivity contribution in [2.24, 2.45) is 0 Å². The lowest BCUT2D eigenvalue weighted by Crippen LogP contribution is -2.31. The maximum absolute atomic E-state index is 13.8. The van der Waals surface area contributed by atoms with Gasteiger partial charge >= 0.3 is 0 Å². The highest BCUT2D eigenvalue weighted by Crippen LogP contribution is 2.23. The Morgan fingerprint density at radius 3 is 2.70 bits per heavy atom. The van der Waals surface area contributed by atoms with Gasteiger partial charge in [-0.25, -0.2) is 23.1 Å². The molecule has 2 heterocycles. The topological polar surface area (TPSA) is 41.1 Å². The summed E-state index contributed by atoms with van der Waals surface area (Å²) in [5.74, 6) is -1.28. The summed E-state index contributed by atoms with van der Waals surface area (Å²) in [7, 11) is 0. The van der Waals surface area contributed by atoms with Crippen molar-refractivity contribution in [3.63, 3.8) is 0 Å². The number of aromatic nitrogens is 2. The van der Waals surface area contributed by atoms with Crippen LogP contribution in [-0.4, -0.2) is 21.4 Å². The van der Waals surface area contributed by atoms with Crippen molar-refractivity contribution in [2.45, 2.75) is 19.5 Å². The van der Waals surface area contributed by atoms with Crippen LogP contribution in [0.4, 0.5) is 24.8 Å². The zero-order valence-corrected chi connectivity index (χ0v) is 14.4. The molecule has 0 amide bonds. The molecule has 0 spiro atoms. The number of nitrogens with one attached hydrogen (secondary N) is 1. The highest BCUT2D eigenvalue weighted by Gasteiger charge is 2.19. The van der Waals surface area contributed by atoms with E-state index in [1.165, 1.54) is 18.2 Å². The summed E-state index contributed by atoms with van der Waals surface area (Å²) in [5.41, 5.74) is 2.61. The van der Waals surface area contributed by atoms with Crippen LogP contribution in [0.2, 0.25) is 0 Å². The first kappa shape index (κ1) is 17.5. The van der Waals surface area contributed by atoms with Gasteiger partial charge in [-0.3, -0.25) is 4.90 Å². The second-order valence-electron chi connectivity index (χ2n) is 6.47. The second kappa shape index (κ2) is 7.36. The molecule has 138 valence electrons. The van der Waals surface area contributed by atoms with Gasteiger partial charge in [-0.05, 0) is 18.2 Å². The Balaban J connectivity index is 1.47. The van der Waals surface area contributed by atoms with Gasteiger partial charge in [0.05, 0.1) is 11.4 Å². The Kier molecular flexibility index (Phi) is 4.77. The summed E-state index contributed by atoms with van der Waals surface area (Å²) in [6.45, 7) is 1.88. The highest BCUT2D eigenvalue weighted by molar-refractivity contribution is 5.54. The normalized spacial score (nSPS) is 14.0. The average molecular weight is 370 g/mol. The third kappa shape index (κ3) is 3.93. The number of rotatable bonds is 4. The minimum absolute atomic E-state index is 0.119. The molecule has 0 fully saturated rings. The predicted molar refractivity (Wildman–Crippen MR) is 95.9 cm³/mol. The number of nitrogens with zero attached hydrogens (tertiary/aromatic N) is 3. The number of benzene rings is 2. The van der Waals surface area contributed by atoms with Gasteiger partial charge < -0.3 is 5.32 Å². The smallest absolute Gasteiger partial charge is 0.227 e. The zero-order chi connectivity index (χ0) is 18.8. The Hall–Kier alpha value is -2.93. The molecule has 1 aliphatic rings. The van der Waals surface area contributed by atoms with Crippen LogP contribution in [0.15, 0.2) is 48.7 Å². The van der Waals surface area contributed by atoms with Crippen LogP contribution in [0.3, 0.4) is 0 Å². The van der Waals surface area contributed by atoms with E-state index in [0.29, 0.717) is 25.1 Å². The largest absolute Gasteiger partial charge is 0.322 e. The van der Waals surface area contributed by atoms with Crippen molar-refractivity contribution in [1.29, 1.82) is 0 Å². The van der Waals surface area contributed by atoms with Gasteiger partial charge in [-0.2, -0.15) is 0 Å². The van der Waals surface area contributed by atoms with E-state index < -0.39 is 11.6 Å². The van der Waals surface area contributed by atoms with Gasteiger partial charge in [0.2, 0.25) is 5.95 Å². The molecule has 2 aromatic carbocycles. The zero-order valence-electron chi connectivity index (χ0n) is 14.4. The Morgan fingerprint density at radius 1 is 1.04 bits per heavy atom. The lowest BCUT2D eigenvalue weighted by Gasteiger charge is -2.28. The molecule has 0 atom stereocenters. The Bertz CT molecular complexity index is 977. The third-order valence-electron chi connectivity index (χ3n) is 4.54. The van der Waals surface area contributed by atoms with Crippen LogP contribution in [0, 0.1) is 17.5 Å². The maximum Gasteiger partial charge on any atom is 0.227 e. The van der Waals surface area contributed by atoms with Crippen LogP contribution >= 0.6 is 0 Å². The number of anilines is 2. The molecule has 0 aliphatic carbocycles. The fourth-order valence-corrected chi connectivity index (χ4v) is 3.15. The quantitative estimate of drug-likeness (QED) is 0.748. The van der Waals surface area contributed by atoms with E-state index in [-0.39, 0.29) is 17.5 Å². The molecule has 1 N–H and O–H groups in total. The molecule has 0 unspecified atom stereocenters. The lowest BCUT2D eigenvalue weighted by atomic mass is 10.1. The van der Waals surface area contributed by atoms with E-state index in [0.717, 1.165) is 23.9 Å². The average Bonchev–Trinajstić information content (AvgIpc) is 2.66. The van der Waals surface area contributed by atoms with Gasteiger partial charge in [0, 0.05) is 49.4 Å². The summed E-state index contributed by atoms with van der Waals surface area (Å²) in [6.07, 6.45) is 2.38. The van der Waals surface area contributed by atoms with Crippen LogP contribution in [-0.2, 0) is 19.5 Å². The van der Waals surface area contributed by atoms with Crippen LogP contribution in [0.25, 0.3) is 0 Å². The fraction of sp³-hybridized carbons (Fsp3) is 0.200. The third-order valence-corrected chi connectivity index (χ3v) is 4.54. The first-order valence-corrected chi connectivity index (χ1v) is 8.61. The molecule has 4 rings (SSSR count). The Labute approximate surface area is 154 Å². The minimum atomic E-state index is -0.701. The van der Waals surface area contributed by atoms with Gasteiger partial charge in [0.1, 0.15) is 17.5 Å². The van der Waals surface area contributed by atoms with E-state index >= 15 is 0 Å². The first-order valence-electron chi connectivity index (χ1n) is 8.61. The number of halogens is 3. The molecule has 0 saturated heterocycles. The standard InChI is InChI=1S/C20H17F3N4/c21-15-5-6-19(17(23)9-15)26-20-24-10-14-12-27(8-7-18(14)25-20)11-13-3-1-2-4-16(13)22/h1-6,9-10H,7-8,11-12H2,(H,24,25,26). The fourth-order valence-electron chi connectivity index (χ4n) is 3.15. The van der Waals surface area contributed by atoms with Crippen molar-refractivity contribution in [2.75, 3.05) is 11.9 Å². The van der Waals surface area contributed by atoms with E-state index in [4.69, 9.17) is 0 Å². The van der Waals surface area contributed by atoms with Crippen molar-refractivity contribution < 1.29 is 13.2 Å². The highest BCUT2D eigenvalue weighted by atomic mass is 19.1. The molecule has 27 heavy (non-hydrogen) atoms. The van der Waals surface area contributed by atoms with Crippen molar-refractivity contribution >= 4 is 11.6 Å². The summed E-state index contributed by atoms with van der Waals surface area (Å²) in [6, 6.07) is 10.0. The van der Waals surface area contributed by atoms with Crippen LogP contribution in [0.5, 0.6) is 0 Å². The molecule has 7 heteroatoms. The molecule has 1 aliphatic heterocycles. The van der Waals surface area contributed by atoms with E-state index in [1.54, 1.807) is 18.3 Å². The lowest BCUT2D eigenvalue weighted by molar-refractivity contribution is 0.239.